The molecule has 90 valence electrons. The van der Waals surface area contributed by atoms with Gasteiger partial charge < -0.3 is 14.4 Å². The average Bonchev–Trinajstić information content (AvgIpc) is 2.94. The molecular weight excluding hydrogens is 206 g/mol. The number of aliphatic hydroxyl groups is 1. The maximum absolute atomic E-state index is 9.17. The normalized spacial score (nSPS) is 16.8. The van der Waals surface area contributed by atoms with E-state index in [-0.39, 0.29) is 12.2 Å². The van der Waals surface area contributed by atoms with Crippen LogP contribution in [-0.4, -0.2) is 25.5 Å². The summed E-state index contributed by atoms with van der Waals surface area (Å²) in [5.74, 6) is 1.47. The Balaban J connectivity index is 2.11. The van der Waals surface area contributed by atoms with Crippen LogP contribution in [-0.2, 0) is 18.0 Å². The predicted molar refractivity (Wildman–Crippen MR) is 58.8 cm³/mol. The van der Waals surface area contributed by atoms with Crippen LogP contribution in [0.4, 0.5) is 0 Å². The van der Waals surface area contributed by atoms with Gasteiger partial charge in [0.15, 0.2) is 11.6 Å². The quantitative estimate of drug-likeness (QED) is 0.842. The molecule has 0 amide bonds. The second-order valence-corrected chi connectivity index (χ2v) is 5.19. The lowest BCUT2D eigenvalue weighted by Gasteiger charge is -2.19. The number of ether oxygens (including phenoxy) is 1. The van der Waals surface area contributed by atoms with E-state index in [4.69, 9.17) is 4.74 Å². The highest BCUT2D eigenvalue weighted by molar-refractivity contribution is 5.01. The minimum absolute atomic E-state index is 0.0565. The summed E-state index contributed by atoms with van der Waals surface area (Å²) in [4.78, 5) is 0. The van der Waals surface area contributed by atoms with E-state index in [1.165, 1.54) is 0 Å². The maximum Gasteiger partial charge on any atom is 0.159 e. The Kier molecular flexibility index (Phi) is 2.99. The first-order valence-corrected chi connectivity index (χ1v) is 5.69. The molecule has 5 nitrogen and oxygen atoms in total. The monoisotopic (exact) mass is 225 g/mol. The summed E-state index contributed by atoms with van der Waals surface area (Å²) in [7, 11) is 0. The van der Waals surface area contributed by atoms with Gasteiger partial charge in [-0.3, -0.25) is 0 Å². The highest BCUT2D eigenvalue weighted by Gasteiger charge is 2.29. The summed E-state index contributed by atoms with van der Waals surface area (Å²) in [5, 5.41) is 17.2. The van der Waals surface area contributed by atoms with Gasteiger partial charge in [-0.1, -0.05) is 0 Å². The molecule has 2 rings (SSSR count). The van der Waals surface area contributed by atoms with E-state index in [2.05, 4.69) is 10.2 Å². The molecule has 0 saturated heterocycles. The number of rotatable bonds is 4. The minimum atomic E-state index is -0.181. The molecule has 0 atom stereocenters. The van der Waals surface area contributed by atoms with E-state index in [0.29, 0.717) is 18.5 Å². The lowest BCUT2D eigenvalue weighted by molar-refractivity contribution is -0.0195. The van der Waals surface area contributed by atoms with Gasteiger partial charge >= 0.3 is 0 Å². The number of hydrogen-bond donors (Lipinski definition) is 1. The van der Waals surface area contributed by atoms with Crippen molar-refractivity contribution in [1.82, 2.24) is 14.8 Å². The lowest BCUT2D eigenvalue weighted by Crippen LogP contribution is -2.20. The van der Waals surface area contributed by atoms with Crippen molar-refractivity contribution in [2.45, 2.75) is 58.5 Å². The van der Waals surface area contributed by atoms with E-state index in [1.807, 2.05) is 25.3 Å². The Labute approximate surface area is 95.4 Å². The second kappa shape index (κ2) is 4.14. The van der Waals surface area contributed by atoms with Crippen LogP contribution in [0.15, 0.2) is 0 Å². The average molecular weight is 225 g/mol. The van der Waals surface area contributed by atoms with Crippen molar-refractivity contribution in [1.29, 1.82) is 0 Å². The smallest absolute Gasteiger partial charge is 0.159 e. The number of aromatic nitrogens is 3. The van der Waals surface area contributed by atoms with Crippen molar-refractivity contribution in [3.63, 3.8) is 0 Å². The largest absolute Gasteiger partial charge is 0.388 e. The molecule has 0 spiro atoms. The molecule has 1 N–H and O–H groups in total. The van der Waals surface area contributed by atoms with Crippen LogP contribution in [0.25, 0.3) is 0 Å². The van der Waals surface area contributed by atoms with Crippen molar-refractivity contribution < 1.29 is 9.84 Å². The fourth-order valence-electron chi connectivity index (χ4n) is 1.60. The fraction of sp³-hybridized carbons (Fsp3) is 0.818. The van der Waals surface area contributed by atoms with Crippen molar-refractivity contribution in [3.8, 4) is 0 Å². The number of aliphatic hydroxyl groups excluding tert-OH is 1. The van der Waals surface area contributed by atoms with Crippen LogP contribution in [0.1, 0.15) is 51.3 Å². The van der Waals surface area contributed by atoms with Gasteiger partial charge in [-0.25, -0.2) is 0 Å². The van der Waals surface area contributed by atoms with E-state index >= 15 is 0 Å². The molecule has 1 aliphatic carbocycles. The summed E-state index contributed by atoms with van der Waals surface area (Å²) < 4.78 is 7.71. The lowest BCUT2D eigenvalue weighted by atomic mass is 10.2. The van der Waals surface area contributed by atoms with Gasteiger partial charge in [-0.2, -0.15) is 0 Å². The summed E-state index contributed by atoms with van der Waals surface area (Å²) in [6.45, 7) is 6.43. The predicted octanol–water partition coefficient (Wildman–Crippen LogP) is 1.42. The van der Waals surface area contributed by atoms with E-state index < -0.39 is 0 Å². The zero-order valence-electron chi connectivity index (χ0n) is 10.1. The first kappa shape index (κ1) is 11.5. The van der Waals surface area contributed by atoms with E-state index in [9.17, 15) is 5.11 Å². The molecule has 0 aliphatic heterocycles. The van der Waals surface area contributed by atoms with Gasteiger partial charge in [0.05, 0.1) is 5.60 Å². The third-order valence-corrected chi connectivity index (χ3v) is 2.52. The molecule has 0 unspecified atom stereocenters. The summed E-state index contributed by atoms with van der Waals surface area (Å²) >= 11 is 0. The Bertz CT molecular complexity index is 364. The Morgan fingerprint density at radius 2 is 1.94 bits per heavy atom. The third-order valence-electron chi connectivity index (χ3n) is 2.52. The molecule has 1 fully saturated rings. The van der Waals surface area contributed by atoms with Gasteiger partial charge in [-0.15, -0.1) is 10.2 Å². The maximum atomic E-state index is 9.17. The molecule has 1 saturated carbocycles. The Morgan fingerprint density at radius 3 is 2.44 bits per heavy atom. The Hall–Kier alpha value is -0.940. The fourth-order valence-corrected chi connectivity index (χ4v) is 1.60. The van der Waals surface area contributed by atoms with E-state index in [1.54, 1.807) is 0 Å². The minimum Gasteiger partial charge on any atom is -0.388 e. The molecule has 0 bridgehead atoms. The first-order valence-electron chi connectivity index (χ1n) is 5.69. The molecular formula is C11H19N3O2. The molecule has 0 radical (unpaired) electrons. The molecule has 5 heteroatoms. The van der Waals surface area contributed by atoms with Crippen LogP contribution in [0.3, 0.4) is 0 Å². The van der Waals surface area contributed by atoms with Crippen LogP contribution in [0.5, 0.6) is 0 Å². The van der Waals surface area contributed by atoms with Gasteiger partial charge in [0.25, 0.3) is 0 Å². The van der Waals surface area contributed by atoms with Crippen LogP contribution >= 0.6 is 0 Å². The van der Waals surface area contributed by atoms with Crippen molar-refractivity contribution >= 4 is 0 Å². The summed E-state index contributed by atoms with van der Waals surface area (Å²) in [6.07, 6.45) is 2.29. The second-order valence-electron chi connectivity index (χ2n) is 5.19. The molecule has 1 heterocycles. The highest BCUT2D eigenvalue weighted by Crippen LogP contribution is 2.36. The van der Waals surface area contributed by atoms with Crippen molar-refractivity contribution in [2.75, 3.05) is 0 Å². The number of nitrogens with zero attached hydrogens (tertiary/aromatic N) is 3. The van der Waals surface area contributed by atoms with Gasteiger partial charge in [0.2, 0.25) is 0 Å². The summed E-state index contributed by atoms with van der Waals surface area (Å²) in [5.41, 5.74) is -0.181. The third kappa shape index (κ3) is 2.59. The van der Waals surface area contributed by atoms with Gasteiger partial charge in [0, 0.05) is 6.04 Å². The van der Waals surface area contributed by atoms with Crippen molar-refractivity contribution in [3.05, 3.63) is 11.6 Å². The van der Waals surface area contributed by atoms with Crippen molar-refractivity contribution in [2.24, 2.45) is 0 Å². The standard InChI is InChI=1S/C11H19N3O2/c1-11(2,3)16-7-10-13-12-9(6-15)14(10)8-4-5-8/h8,15H,4-7H2,1-3H3. The highest BCUT2D eigenvalue weighted by atomic mass is 16.5. The van der Waals surface area contributed by atoms with Gasteiger partial charge in [0.1, 0.15) is 13.2 Å². The van der Waals surface area contributed by atoms with Crippen LogP contribution in [0.2, 0.25) is 0 Å². The van der Waals surface area contributed by atoms with E-state index in [0.717, 1.165) is 18.7 Å². The Morgan fingerprint density at radius 1 is 1.31 bits per heavy atom. The zero-order chi connectivity index (χ0) is 11.8. The van der Waals surface area contributed by atoms with Gasteiger partial charge in [-0.05, 0) is 33.6 Å². The number of hydrogen-bond acceptors (Lipinski definition) is 4. The summed E-state index contributed by atoms with van der Waals surface area (Å²) in [6, 6.07) is 0.468. The zero-order valence-corrected chi connectivity index (χ0v) is 10.1. The molecule has 1 aromatic heterocycles. The molecule has 0 aromatic carbocycles. The van der Waals surface area contributed by atoms with Crippen LogP contribution in [0, 0.1) is 0 Å². The topological polar surface area (TPSA) is 60.2 Å². The SMILES string of the molecule is CC(C)(C)OCc1nnc(CO)n1C1CC1. The first-order chi connectivity index (χ1) is 7.51. The molecule has 1 aliphatic rings. The molecule has 16 heavy (non-hydrogen) atoms. The molecule has 1 aromatic rings. The van der Waals surface area contributed by atoms with Crippen LogP contribution < -0.4 is 0 Å².